The lowest BCUT2D eigenvalue weighted by Crippen LogP contribution is -2.10. The lowest BCUT2D eigenvalue weighted by molar-refractivity contribution is 0.0521. The summed E-state index contributed by atoms with van der Waals surface area (Å²) >= 11 is 0. The molecule has 0 bridgehead atoms. The van der Waals surface area contributed by atoms with Crippen LogP contribution in [-0.2, 0) is 11.3 Å². The van der Waals surface area contributed by atoms with Crippen LogP contribution in [0.5, 0.6) is 0 Å². The molecule has 0 aliphatic rings. The number of carbonyl (C=O) groups is 1. The maximum atomic E-state index is 12.2. The van der Waals surface area contributed by atoms with Crippen LogP contribution in [0.1, 0.15) is 23.0 Å². The molecule has 3 rings (SSSR count). The van der Waals surface area contributed by atoms with Crippen molar-refractivity contribution in [2.24, 2.45) is 0 Å². The van der Waals surface area contributed by atoms with Crippen molar-refractivity contribution >= 4 is 17.5 Å². The van der Waals surface area contributed by atoms with E-state index in [-0.39, 0.29) is 5.69 Å². The van der Waals surface area contributed by atoms with E-state index in [0.29, 0.717) is 19.0 Å². The fraction of sp³-hybridized carbons (Fsp3) is 0.158. The molecule has 3 aromatic rings. The summed E-state index contributed by atoms with van der Waals surface area (Å²) in [5.41, 5.74) is 2.30. The number of para-hydroxylation sites is 1. The first-order chi connectivity index (χ1) is 11.8. The first kappa shape index (κ1) is 15.8. The molecule has 0 spiro atoms. The number of hydrogen-bond donors (Lipinski definition) is 1. The molecule has 0 amide bonds. The molecule has 24 heavy (non-hydrogen) atoms. The molecule has 5 nitrogen and oxygen atoms in total. The molecule has 0 aliphatic heterocycles. The van der Waals surface area contributed by atoms with E-state index in [0.717, 1.165) is 11.3 Å². The third kappa shape index (κ3) is 3.63. The van der Waals surface area contributed by atoms with Gasteiger partial charge in [0.2, 0.25) is 0 Å². The van der Waals surface area contributed by atoms with Gasteiger partial charge in [-0.05, 0) is 24.6 Å². The van der Waals surface area contributed by atoms with Crippen LogP contribution in [0.25, 0.3) is 0 Å². The van der Waals surface area contributed by atoms with Gasteiger partial charge in [-0.3, -0.25) is 0 Å². The van der Waals surface area contributed by atoms with Crippen LogP contribution in [0.15, 0.2) is 67.0 Å². The van der Waals surface area contributed by atoms with E-state index in [2.05, 4.69) is 10.3 Å². The predicted octanol–water partition coefficient (Wildman–Crippen LogP) is 3.85. The van der Waals surface area contributed by atoms with Gasteiger partial charge in [0.15, 0.2) is 5.69 Å². The van der Waals surface area contributed by atoms with E-state index < -0.39 is 5.97 Å². The molecule has 0 unspecified atom stereocenters. The van der Waals surface area contributed by atoms with Gasteiger partial charge < -0.3 is 14.6 Å². The number of ether oxygens (including phenoxy) is 1. The molecule has 0 aliphatic carbocycles. The van der Waals surface area contributed by atoms with Gasteiger partial charge in [-0.1, -0.05) is 48.5 Å². The van der Waals surface area contributed by atoms with Crippen molar-refractivity contribution in [2.75, 3.05) is 11.9 Å². The molecule has 122 valence electrons. The Hall–Kier alpha value is -3.08. The molecular weight excluding hydrogens is 302 g/mol. The van der Waals surface area contributed by atoms with Crippen LogP contribution in [0.4, 0.5) is 11.5 Å². The fourth-order valence-electron chi connectivity index (χ4n) is 2.42. The number of aromatic nitrogens is 2. The van der Waals surface area contributed by atoms with E-state index in [9.17, 15) is 4.79 Å². The van der Waals surface area contributed by atoms with Crippen LogP contribution in [0, 0.1) is 0 Å². The van der Waals surface area contributed by atoms with Crippen LogP contribution in [0.2, 0.25) is 0 Å². The summed E-state index contributed by atoms with van der Waals surface area (Å²) in [7, 11) is 0. The topological polar surface area (TPSA) is 56.1 Å². The quantitative estimate of drug-likeness (QED) is 0.701. The summed E-state index contributed by atoms with van der Waals surface area (Å²) in [5, 5.41) is 3.28. The Morgan fingerprint density at radius 1 is 1.08 bits per heavy atom. The van der Waals surface area contributed by atoms with Crippen molar-refractivity contribution < 1.29 is 9.53 Å². The Morgan fingerprint density at radius 2 is 1.75 bits per heavy atom. The summed E-state index contributed by atoms with van der Waals surface area (Å²) in [6, 6.07) is 19.7. The average Bonchev–Trinajstić information content (AvgIpc) is 2.99. The zero-order valence-corrected chi connectivity index (χ0v) is 13.5. The maximum Gasteiger partial charge on any atom is 0.360 e. The molecule has 1 aromatic heterocycles. The fourth-order valence-corrected chi connectivity index (χ4v) is 2.42. The highest BCUT2D eigenvalue weighted by Crippen LogP contribution is 2.22. The monoisotopic (exact) mass is 321 g/mol. The highest BCUT2D eigenvalue weighted by molar-refractivity contribution is 5.93. The SMILES string of the molecule is CCOC(=O)c1ncn(Cc2ccccc2)c1Nc1ccccc1. The average molecular weight is 321 g/mol. The molecule has 2 aromatic carbocycles. The summed E-state index contributed by atoms with van der Waals surface area (Å²) in [5.74, 6) is 0.200. The predicted molar refractivity (Wildman–Crippen MR) is 93.5 cm³/mol. The molecule has 5 heteroatoms. The number of esters is 1. The van der Waals surface area contributed by atoms with Crippen molar-refractivity contribution in [2.45, 2.75) is 13.5 Å². The summed E-state index contributed by atoms with van der Waals surface area (Å²) in [6.45, 7) is 2.71. The second-order valence-electron chi connectivity index (χ2n) is 5.27. The minimum atomic E-state index is -0.428. The Kier molecular flexibility index (Phi) is 4.91. The van der Waals surface area contributed by atoms with E-state index in [1.165, 1.54) is 0 Å². The summed E-state index contributed by atoms with van der Waals surface area (Å²) in [4.78, 5) is 16.4. The molecular formula is C19H19N3O2. The zero-order valence-electron chi connectivity index (χ0n) is 13.5. The smallest absolute Gasteiger partial charge is 0.360 e. The lowest BCUT2D eigenvalue weighted by Gasteiger charge is -2.12. The Bertz CT molecular complexity index is 798. The van der Waals surface area contributed by atoms with Gasteiger partial charge in [-0.2, -0.15) is 0 Å². The van der Waals surface area contributed by atoms with Crippen LogP contribution < -0.4 is 5.32 Å². The summed E-state index contributed by atoms with van der Waals surface area (Å²) in [6.07, 6.45) is 1.66. The van der Waals surface area contributed by atoms with Gasteiger partial charge in [-0.25, -0.2) is 9.78 Å². The number of nitrogens with zero attached hydrogens (tertiary/aromatic N) is 2. The first-order valence-electron chi connectivity index (χ1n) is 7.86. The van der Waals surface area contributed by atoms with Crippen LogP contribution >= 0.6 is 0 Å². The van der Waals surface area contributed by atoms with Crippen molar-refractivity contribution in [3.05, 3.63) is 78.2 Å². The van der Waals surface area contributed by atoms with E-state index in [4.69, 9.17) is 4.74 Å². The Labute approximate surface area is 140 Å². The Morgan fingerprint density at radius 3 is 2.42 bits per heavy atom. The number of imidazole rings is 1. The van der Waals surface area contributed by atoms with Gasteiger partial charge in [0.1, 0.15) is 5.82 Å². The number of carbonyl (C=O) groups excluding carboxylic acids is 1. The lowest BCUT2D eigenvalue weighted by atomic mass is 10.2. The minimum absolute atomic E-state index is 0.289. The highest BCUT2D eigenvalue weighted by atomic mass is 16.5. The van der Waals surface area contributed by atoms with Gasteiger partial charge in [0.05, 0.1) is 19.5 Å². The van der Waals surface area contributed by atoms with E-state index >= 15 is 0 Å². The second-order valence-corrected chi connectivity index (χ2v) is 5.27. The molecule has 0 fully saturated rings. The molecule has 1 heterocycles. The van der Waals surface area contributed by atoms with Gasteiger partial charge in [-0.15, -0.1) is 0 Å². The molecule has 0 atom stereocenters. The van der Waals surface area contributed by atoms with E-state index in [1.54, 1.807) is 13.3 Å². The van der Waals surface area contributed by atoms with Gasteiger partial charge in [0.25, 0.3) is 0 Å². The number of benzene rings is 2. The third-order valence-electron chi connectivity index (χ3n) is 3.54. The molecule has 1 N–H and O–H groups in total. The number of nitrogens with one attached hydrogen (secondary N) is 1. The molecule has 0 saturated heterocycles. The number of hydrogen-bond acceptors (Lipinski definition) is 4. The summed E-state index contributed by atoms with van der Waals surface area (Å²) < 4.78 is 7.03. The van der Waals surface area contributed by atoms with E-state index in [1.807, 2.05) is 65.2 Å². The molecule has 0 radical (unpaired) electrons. The van der Waals surface area contributed by atoms with Gasteiger partial charge in [0, 0.05) is 5.69 Å². The standard InChI is InChI=1S/C19H19N3O2/c1-2-24-19(23)17-18(21-16-11-7-4-8-12-16)22(14-20-17)13-15-9-5-3-6-10-15/h3-12,14,21H,2,13H2,1H3. The maximum absolute atomic E-state index is 12.2. The minimum Gasteiger partial charge on any atom is -0.461 e. The number of anilines is 2. The van der Waals surface area contributed by atoms with Crippen molar-refractivity contribution in [3.8, 4) is 0 Å². The first-order valence-corrected chi connectivity index (χ1v) is 7.86. The largest absolute Gasteiger partial charge is 0.461 e. The zero-order chi connectivity index (χ0) is 16.8. The van der Waals surface area contributed by atoms with Crippen LogP contribution in [-0.4, -0.2) is 22.1 Å². The normalized spacial score (nSPS) is 10.4. The van der Waals surface area contributed by atoms with Crippen molar-refractivity contribution in [1.82, 2.24) is 9.55 Å². The Balaban J connectivity index is 1.94. The van der Waals surface area contributed by atoms with Gasteiger partial charge >= 0.3 is 5.97 Å². The molecule has 0 saturated carbocycles. The highest BCUT2D eigenvalue weighted by Gasteiger charge is 2.19. The second kappa shape index (κ2) is 7.46. The third-order valence-corrected chi connectivity index (χ3v) is 3.54. The van der Waals surface area contributed by atoms with Crippen molar-refractivity contribution in [3.63, 3.8) is 0 Å². The number of rotatable bonds is 6. The van der Waals surface area contributed by atoms with Crippen LogP contribution in [0.3, 0.4) is 0 Å². The van der Waals surface area contributed by atoms with Crippen molar-refractivity contribution in [1.29, 1.82) is 0 Å².